The van der Waals surface area contributed by atoms with Gasteiger partial charge in [0.1, 0.15) is 24.6 Å². The molecule has 1 aromatic rings. The van der Waals surface area contributed by atoms with E-state index in [4.69, 9.17) is 18.6 Å². The summed E-state index contributed by atoms with van der Waals surface area (Å²) < 4.78 is 256. The molecule has 1 rings (SSSR count). The van der Waals surface area contributed by atoms with Gasteiger partial charge in [-0.3, -0.25) is 0 Å². The molecule has 0 unspecified atom stereocenters. The van der Waals surface area contributed by atoms with E-state index in [0.717, 1.165) is 0 Å². The predicted molar refractivity (Wildman–Crippen MR) is 170 cm³/mol. The Morgan fingerprint density at radius 3 is 1.56 bits per heavy atom. The average molecular weight is 885 g/mol. The molecule has 0 fully saturated rings. The quantitative estimate of drug-likeness (QED) is 0.0411. The summed E-state index contributed by atoms with van der Waals surface area (Å²) in [6.45, 7) is 7.48. The van der Waals surface area contributed by atoms with Crippen LogP contribution in [-0.4, -0.2) is 100 Å². The van der Waals surface area contributed by atoms with Gasteiger partial charge in [0, 0.05) is 19.1 Å². The fourth-order valence-electron chi connectivity index (χ4n) is 5.54. The number of esters is 1. The predicted octanol–water partition coefficient (Wildman–Crippen LogP) is 10.8. The molecule has 0 spiro atoms. The number of benzene rings is 1. The maximum atomic E-state index is 14.9. The molecule has 332 valence electrons. The summed E-state index contributed by atoms with van der Waals surface area (Å²) in [6, 6.07) is 4.17. The van der Waals surface area contributed by atoms with Gasteiger partial charge in [0.25, 0.3) is 0 Å². The number of halogens is 17. The van der Waals surface area contributed by atoms with Gasteiger partial charge in [-0.25, -0.2) is 4.79 Å². The lowest BCUT2D eigenvalue weighted by Crippen LogP contribution is -2.74. The molecule has 6 nitrogen and oxygen atoms in total. The summed E-state index contributed by atoms with van der Waals surface area (Å²) in [4.78, 5) is 11.9. The van der Waals surface area contributed by atoms with Crippen molar-refractivity contribution in [1.29, 1.82) is 0 Å². The maximum Gasteiger partial charge on any atom is 0.460 e. The maximum absolute atomic E-state index is 14.9. The summed E-state index contributed by atoms with van der Waals surface area (Å²) in [5.41, 5.74) is -1.31. The van der Waals surface area contributed by atoms with E-state index in [1.54, 1.807) is 6.92 Å². The van der Waals surface area contributed by atoms with Crippen molar-refractivity contribution in [3.8, 4) is 5.75 Å². The minimum Gasteiger partial charge on any atom is -0.491 e. The Hall–Kier alpha value is -2.86. The molecule has 1 N–H and O–H groups in total. The lowest BCUT2D eigenvalue weighted by atomic mass is 9.88. The highest BCUT2D eigenvalue weighted by atomic mass is 28.4. The summed E-state index contributed by atoms with van der Waals surface area (Å²) in [6.07, 6.45) is -11.4. The smallest absolute Gasteiger partial charge is 0.460 e. The number of carbonyl (C=O) groups is 1. The first-order chi connectivity index (χ1) is 25.5. The van der Waals surface area contributed by atoms with E-state index in [-0.39, 0.29) is 23.5 Å². The Bertz CT molecular complexity index is 1490. The van der Waals surface area contributed by atoms with Crippen molar-refractivity contribution in [2.75, 3.05) is 26.9 Å². The zero-order chi connectivity index (χ0) is 45.0. The number of carbonyl (C=O) groups excluding carboxylic acids is 1. The molecular formula is C33H41F17O6Si. The average Bonchev–Trinajstić information content (AvgIpc) is 3.08. The zero-order valence-corrected chi connectivity index (χ0v) is 32.1. The van der Waals surface area contributed by atoms with Crippen molar-refractivity contribution in [3.05, 3.63) is 41.5 Å². The first-order valence-electron chi connectivity index (χ1n) is 16.7. The van der Waals surface area contributed by atoms with Crippen molar-refractivity contribution in [3.63, 3.8) is 0 Å². The van der Waals surface area contributed by atoms with E-state index >= 15 is 0 Å². The van der Waals surface area contributed by atoms with Gasteiger partial charge < -0.3 is 23.7 Å². The molecule has 0 aromatic heterocycles. The largest absolute Gasteiger partial charge is 0.491 e. The van der Waals surface area contributed by atoms with Gasteiger partial charge >= 0.3 is 53.6 Å². The fraction of sp³-hybridized carbons (Fsp3) is 0.727. The van der Waals surface area contributed by atoms with Crippen molar-refractivity contribution < 1.29 is 103 Å². The van der Waals surface area contributed by atoms with Crippen molar-refractivity contribution >= 4 is 14.3 Å². The molecule has 0 saturated heterocycles. The molecule has 24 heteroatoms. The van der Waals surface area contributed by atoms with Crippen LogP contribution in [0.15, 0.2) is 35.9 Å². The van der Waals surface area contributed by atoms with Crippen LogP contribution in [0.2, 0.25) is 17.1 Å². The Labute approximate surface area is 316 Å². The first-order valence-corrected chi connectivity index (χ1v) is 18.9. The van der Waals surface area contributed by atoms with Crippen LogP contribution in [0.1, 0.15) is 59.6 Å². The van der Waals surface area contributed by atoms with E-state index in [0.29, 0.717) is 0 Å². The molecule has 0 aliphatic heterocycles. The van der Waals surface area contributed by atoms with Crippen LogP contribution < -0.4 is 4.74 Å². The summed E-state index contributed by atoms with van der Waals surface area (Å²) in [5, 5.41) is 10.7. The van der Waals surface area contributed by atoms with Crippen LogP contribution in [-0.2, 0) is 18.7 Å². The zero-order valence-electron chi connectivity index (χ0n) is 31.1. The van der Waals surface area contributed by atoms with Crippen molar-refractivity contribution in [2.45, 2.75) is 125 Å². The Morgan fingerprint density at radius 2 is 1.16 bits per heavy atom. The first kappa shape index (κ1) is 52.2. The number of aliphatic hydroxyl groups excluding tert-OH is 1. The second kappa shape index (κ2) is 18.2. The van der Waals surface area contributed by atoms with Gasteiger partial charge in [0.2, 0.25) is 0 Å². The number of aliphatic hydroxyl groups is 1. The van der Waals surface area contributed by atoms with E-state index in [1.165, 1.54) is 72.1 Å². The van der Waals surface area contributed by atoms with Crippen LogP contribution in [0.5, 0.6) is 5.75 Å². The van der Waals surface area contributed by atoms with Crippen LogP contribution in [0.25, 0.3) is 0 Å². The highest BCUT2D eigenvalue weighted by molar-refractivity contribution is 6.76. The fourth-order valence-corrected chi connectivity index (χ4v) is 10.0. The second-order valence-corrected chi connectivity index (χ2v) is 18.4. The Kier molecular flexibility index (Phi) is 16.6. The van der Waals surface area contributed by atoms with Gasteiger partial charge in [0.05, 0.1) is 13.2 Å². The van der Waals surface area contributed by atoms with Crippen LogP contribution in [0.4, 0.5) is 74.6 Å². The van der Waals surface area contributed by atoms with Crippen LogP contribution in [0, 0.1) is 0 Å². The molecule has 2 atom stereocenters. The van der Waals surface area contributed by atoms with Gasteiger partial charge in [-0.15, -0.1) is 0 Å². The van der Waals surface area contributed by atoms with Gasteiger partial charge in [-0.1, -0.05) is 39.8 Å². The molecule has 0 aliphatic rings. The summed E-state index contributed by atoms with van der Waals surface area (Å²) in [5.74, 6) is -57.3. The van der Waals surface area contributed by atoms with Gasteiger partial charge in [0.15, 0.2) is 8.32 Å². The number of ether oxygens (including phenoxy) is 3. The van der Waals surface area contributed by atoms with Crippen molar-refractivity contribution in [2.24, 2.45) is 0 Å². The van der Waals surface area contributed by atoms with E-state index in [9.17, 15) is 84.5 Å². The number of rotatable bonds is 22. The van der Waals surface area contributed by atoms with E-state index < -0.39 is 111 Å². The standard InChI is InChI=1S/C33H41F17O6Si/c1-8-54-25(52)20(6)17-23(53-7)24(51)21-9-11-22(12-10-21)55-14-15-56-57(18(2)3,19(4)5)16-13-26(34,35)27(36,37)28(38,39)29(40,41)30(42,43)31(44,45)32(46,47)33(48,49)50/h9-12,17-19,23-24,51H,8,13-16H2,1-7H3/b20-17+/t23-,24-/m0/s1. The molecule has 0 saturated carbocycles. The Morgan fingerprint density at radius 1 is 0.719 bits per heavy atom. The Balaban J connectivity index is 3.24. The molecule has 0 aliphatic carbocycles. The third-order valence-electron chi connectivity index (χ3n) is 9.11. The van der Waals surface area contributed by atoms with E-state index in [2.05, 4.69) is 0 Å². The molecule has 0 radical (unpaired) electrons. The third kappa shape index (κ3) is 9.96. The van der Waals surface area contributed by atoms with Crippen molar-refractivity contribution in [1.82, 2.24) is 0 Å². The topological polar surface area (TPSA) is 74.2 Å². The third-order valence-corrected chi connectivity index (χ3v) is 14.8. The number of alkyl halides is 17. The number of hydrogen-bond donors (Lipinski definition) is 1. The molecule has 1 aromatic carbocycles. The molecule has 57 heavy (non-hydrogen) atoms. The summed E-state index contributed by atoms with van der Waals surface area (Å²) in [7, 11) is -2.70. The molecule has 0 amide bonds. The minimum absolute atomic E-state index is 0.102. The van der Waals surface area contributed by atoms with Crippen LogP contribution >= 0.6 is 0 Å². The minimum atomic E-state index is -8.69. The molecule has 0 bridgehead atoms. The van der Waals surface area contributed by atoms with Crippen LogP contribution in [0.3, 0.4) is 0 Å². The molecule has 0 heterocycles. The van der Waals surface area contributed by atoms with Gasteiger partial charge in [-0.05, 0) is 54.7 Å². The number of hydrogen-bond acceptors (Lipinski definition) is 6. The monoisotopic (exact) mass is 884 g/mol. The van der Waals surface area contributed by atoms with E-state index in [1.807, 2.05) is 0 Å². The second-order valence-electron chi connectivity index (χ2n) is 13.4. The normalized spacial score (nSPS) is 15.9. The highest BCUT2D eigenvalue weighted by Crippen LogP contribution is 2.64. The summed E-state index contributed by atoms with van der Waals surface area (Å²) >= 11 is 0. The lowest BCUT2D eigenvalue weighted by molar-refractivity contribution is -0.461. The SMILES string of the molecule is CCOC(=O)/C(C)=C/[C@H](OC)[C@@H](O)c1ccc(OCCO[Si](CCC(F)(F)C(F)(F)C(F)(F)C(F)(F)C(F)(F)C(F)(F)C(F)(F)C(F)(F)F)(C(C)C)C(C)C)cc1. The van der Waals surface area contributed by atoms with Gasteiger partial charge in [-0.2, -0.15) is 74.6 Å². The number of methoxy groups -OCH3 is 1. The molecular weight excluding hydrogens is 843 g/mol. The lowest BCUT2D eigenvalue weighted by Gasteiger charge is -2.44. The highest BCUT2D eigenvalue weighted by Gasteiger charge is 2.95.